The van der Waals surface area contributed by atoms with Crippen LogP contribution in [0, 0.1) is 11.8 Å². The van der Waals surface area contributed by atoms with Gasteiger partial charge in [-0.05, 0) is 48.5 Å². The largest absolute Gasteiger partial charge is 0.134 e. The van der Waals surface area contributed by atoms with Crippen LogP contribution in [0.25, 0.3) is 0 Å². The molecular weight excluding hydrogens is 355 g/mol. The second-order valence-electron chi connectivity index (χ2n) is 6.64. The molecule has 0 saturated heterocycles. The summed E-state index contributed by atoms with van der Waals surface area (Å²) in [7, 11) is -1.86. The summed E-state index contributed by atoms with van der Waals surface area (Å²) in [4.78, 5) is 0. The molecule has 0 aliphatic heterocycles. The van der Waals surface area contributed by atoms with Gasteiger partial charge in [-0.3, -0.25) is 0 Å². The first kappa shape index (κ1) is 18.2. The third kappa shape index (κ3) is 3.77. The molecule has 4 aromatic rings. The fourth-order valence-electron chi connectivity index (χ4n) is 3.55. The van der Waals surface area contributed by atoms with Crippen molar-refractivity contribution in [3.63, 3.8) is 0 Å². The van der Waals surface area contributed by atoms with Crippen LogP contribution < -0.4 is 15.9 Å². The molecule has 0 aliphatic rings. The molecule has 0 aliphatic carbocycles. The Morgan fingerprint density at radius 2 is 0.821 bits per heavy atom. The summed E-state index contributed by atoms with van der Waals surface area (Å²) >= 11 is 0. The van der Waals surface area contributed by atoms with E-state index in [4.69, 9.17) is 0 Å². The predicted octanol–water partition coefficient (Wildman–Crippen LogP) is 5.03. The molecule has 0 saturated carbocycles. The van der Waals surface area contributed by atoms with Crippen molar-refractivity contribution in [1.82, 2.24) is 0 Å². The van der Waals surface area contributed by atoms with E-state index in [1.807, 2.05) is 18.2 Å². The van der Waals surface area contributed by atoms with E-state index >= 15 is 0 Å². The normalized spacial score (nSPS) is 10.7. The van der Waals surface area contributed by atoms with Crippen molar-refractivity contribution in [1.29, 1.82) is 0 Å². The fraction of sp³-hybridized carbons (Fsp3) is 0.0370. The van der Waals surface area contributed by atoms with Crippen LogP contribution in [0.4, 0.5) is 0 Å². The van der Waals surface area contributed by atoms with E-state index in [9.17, 15) is 0 Å². The zero-order valence-electron chi connectivity index (χ0n) is 15.7. The zero-order valence-corrected chi connectivity index (χ0v) is 16.6. The predicted molar refractivity (Wildman–Crippen MR) is 123 cm³/mol. The molecule has 0 amide bonds. The Kier molecular flexibility index (Phi) is 5.67. The molecule has 4 aromatic carbocycles. The lowest BCUT2D eigenvalue weighted by Crippen LogP contribution is -2.33. The smallest absolute Gasteiger partial charge is 0.0632 e. The van der Waals surface area contributed by atoms with Gasteiger partial charge in [0.15, 0.2) is 0 Å². The monoisotopic (exact) mass is 377 g/mol. The molecule has 28 heavy (non-hydrogen) atoms. The molecule has 1 heteroatoms. The van der Waals surface area contributed by atoms with Gasteiger partial charge in [0.1, 0.15) is 29.3 Å². The van der Waals surface area contributed by atoms with E-state index in [-0.39, 0.29) is 0 Å². The number of benzene rings is 4. The van der Waals surface area contributed by atoms with Crippen LogP contribution in [0.1, 0.15) is 5.56 Å². The molecule has 0 nitrogen and oxygen atoms in total. The summed E-state index contributed by atoms with van der Waals surface area (Å²) in [6, 6.07) is 42.9. The highest BCUT2D eigenvalue weighted by Crippen LogP contribution is 2.54. The topological polar surface area (TPSA) is 0 Å². The fourth-order valence-corrected chi connectivity index (χ4v) is 7.35. The highest BCUT2D eigenvalue weighted by Gasteiger charge is 2.44. The van der Waals surface area contributed by atoms with E-state index in [0.717, 1.165) is 11.7 Å². The van der Waals surface area contributed by atoms with E-state index in [1.54, 1.807) is 0 Å². The van der Waals surface area contributed by atoms with Gasteiger partial charge in [-0.15, -0.1) is 0 Å². The van der Waals surface area contributed by atoms with Gasteiger partial charge in [-0.1, -0.05) is 84.6 Å². The summed E-state index contributed by atoms with van der Waals surface area (Å²) in [6.45, 7) is 0. The lowest BCUT2D eigenvalue weighted by Gasteiger charge is -2.25. The molecule has 0 bridgehead atoms. The number of hydrogen-bond donors (Lipinski definition) is 0. The first-order valence-electron chi connectivity index (χ1n) is 9.48. The summed E-state index contributed by atoms with van der Waals surface area (Å²) in [5.41, 5.74) is 1.06. The summed E-state index contributed by atoms with van der Waals surface area (Å²) < 4.78 is 0. The molecule has 0 fully saturated rings. The standard InChI is InChI=1S/C27H22P/c1-5-14-24(15-6-1)16-13-23-28(25-17-7-2-8-18-25,26-19-9-3-10-20-26)27-21-11-4-12-22-27/h1-12,14-15,17-22H,23H2/q+1. The van der Waals surface area contributed by atoms with Crippen LogP contribution in [0.3, 0.4) is 0 Å². The Labute approximate surface area is 168 Å². The van der Waals surface area contributed by atoms with E-state index in [0.29, 0.717) is 0 Å². The summed E-state index contributed by atoms with van der Waals surface area (Å²) in [5.74, 6) is 6.92. The maximum Gasteiger partial charge on any atom is 0.134 e. The van der Waals surface area contributed by atoms with E-state index < -0.39 is 7.26 Å². The van der Waals surface area contributed by atoms with Gasteiger partial charge in [-0.25, -0.2) is 0 Å². The minimum absolute atomic E-state index is 0.819. The minimum Gasteiger partial charge on any atom is -0.0632 e. The zero-order chi connectivity index (χ0) is 19.1. The van der Waals surface area contributed by atoms with Gasteiger partial charge in [0.25, 0.3) is 0 Å². The highest BCUT2D eigenvalue weighted by molar-refractivity contribution is 7.95. The molecule has 0 N–H and O–H groups in total. The third-order valence-corrected chi connectivity index (χ3v) is 9.09. The molecule has 0 spiro atoms. The molecular formula is C27H22P+. The van der Waals surface area contributed by atoms with Crippen molar-refractivity contribution in [2.24, 2.45) is 0 Å². The lowest BCUT2D eigenvalue weighted by molar-refractivity contribution is 1.64. The maximum atomic E-state index is 3.54. The van der Waals surface area contributed by atoms with Gasteiger partial charge < -0.3 is 0 Å². The quantitative estimate of drug-likeness (QED) is 0.346. The molecule has 0 aromatic heterocycles. The first-order chi connectivity index (χ1) is 13.9. The molecule has 0 heterocycles. The number of rotatable bonds is 4. The van der Waals surface area contributed by atoms with Crippen molar-refractivity contribution in [2.45, 2.75) is 0 Å². The third-order valence-electron chi connectivity index (χ3n) is 4.91. The lowest BCUT2D eigenvalue weighted by atomic mass is 10.2. The Bertz CT molecular complexity index is 963. The molecule has 4 rings (SSSR count). The van der Waals surface area contributed by atoms with Crippen molar-refractivity contribution in [2.75, 3.05) is 6.16 Å². The van der Waals surface area contributed by atoms with Crippen LogP contribution in [0.2, 0.25) is 0 Å². The van der Waals surface area contributed by atoms with E-state index in [2.05, 4.69) is 115 Å². The van der Waals surface area contributed by atoms with Gasteiger partial charge in [0.2, 0.25) is 0 Å². The van der Waals surface area contributed by atoms with Crippen LogP contribution >= 0.6 is 7.26 Å². The average molecular weight is 377 g/mol. The second kappa shape index (κ2) is 8.71. The minimum atomic E-state index is -1.86. The van der Waals surface area contributed by atoms with Crippen LogP contribution in [-0.4, -0.2) is 6.16 Å². The van der Waals surface area contributed by atoms with Gasteiger partial charge in [0.05, 0.1) is 0 Å². The summed E-state index contributed by atoms with van der Waals surface area (Å²) in [5, 5.41) is 4.11. The molecule has 0 unspecified atom stereocenters. The van der Waals surface area contributed by atoms with E-state index in [1.165, 1.54) is 15.9 Å². The van der Waals surface area contributed by atoms with Crippen molar-refractivity contribution >= 4 is 23.2 Å². The molecule has 134 valence electrons. The Morgan fingerprint density at radius 1 is 0.464 bits per heavy atom. The van der Waals surface area contributed by atoms with Gasteiger partial charge >= 0.3 is 0 Å². The van der Waals surface area contributed by atoms with Crippen LogP contribution in [0.5, 0.6) is 0 Å². The molecule has 0 radical (unpaired) electrons. The van der Waals surface area contributed by atoms with Crippen molar-refractivity contribution < 1.29 is 0 Å². The maximum absolute atomic E-state index is 3.54. The van der Waals surface area contributed by atoms with Crippen LogP contribution in [-0.2, 0) is 0 Å². The van der Waals surface area contributed by atoms with Crippen molar-refractivity contribution in [3.8, 4) is 11.8 Å². The summed E-state index contributed by atoms with van der Waals surface area (Å²) in [6.07, 6.45) is 0.819. The Balaban J connectivity index is 1.90. The van der Waals surface area contributed by atoms with Gasteiger partial charge in [-0.2, -0.15) is 0 Å². The Hall–Kier alpha value is -3.13. The highest BCUT2D eigenvalue weighted by atomic mass is 31.2. The SMILES string of the molecule is C(#Cc1ccccc1)C[P+](c1ccccc1)(c1ccccc1)c1ccccc1. The number of hydrogen-bond acceptors (Lipinski definition) is 0. The van der Waals surface area contributed by atoms with Crippen LogP contribution in [0.15, 0.2) is 121 Å². The second-order valence-corrected chi connectivity index (χ2v) is 10.1. The average Bonchev–Trinajstić information content (AvgIpc) is 2.79. The first-order valence-corrected chi connectivity index (χ1v) is 11.5. The van der Waals surface area contributed by atoms with Crippen molar-refractivity contribution in [3.05, 3.63) is 127 Å². The van der Waals surface area contributed by atoms with Gasteiger partial charge in [0, 0.05) is 5.56 Å². The molecule has 0 atom stereocenters. The Morgan fingerprint density at radius 3 is 1.21 bits per heavy atom.